The summed E-state index contributed by atoms with van der Waals surface area (Å²) in [5, 5.41) is 12.7. The Labute approximate surface area is 184 Å². The van der Waals surface area contributed by atoms with E-state index in [2.05, 4.69) is 10.3 Å². The van der Waals surface area contributed by atoms with Gasteiger partial charge in [0, 0.05) is 23.9 Å². The molecule has 0 aliphatic rings. The first-order chi connectivity index (χ1) is 14.9. The van der Waals surface area contributed by atoms with E-state index in [-0.39, 0.29) is 38.2 Å². The zero-order valence-electron chi connectivity index (χ0n) is 17.4. The average molecular weight is 445 g/mol. The molecule has 31 heavy (non-hydrogen) atoms. The lowest BCUT2D eigenvalue weighted by Crippen LogP contribution is -2.42. The van der Waals surface area contributed by atoms with Crippen molar-refractivity contribution in [1.82, 2.24) is 14.1 Å². The molecule has 0 atom stereocenters. The molecule has 3 aromatic rings. The molecule has 3 rings (SSSR count). The van der Waals surface area contributed by atoms with Gasteiger partial charge in [-0.05, 0) is 62.2 Å². The third kappa shape index (κ3) is 5.96. The second-order valence-electron chi connectivity index (χ2n) is 7.26. The van der Waals surface area contributed by atoms with Gasteiger partial charge >= 0.3 is 11.4 Å². The zero-order valence-corrected chi connectivity index (χ0v) is 18.2. The summed E-state index contributed by atoms with van der Waals surface area (Å²) in [4.78, 5) is 29.6. The standard InChI is InChI=1S/C22H25ClN4O4/c1-15(2)31-19-10-8-18(9-11-19)24-20-25-21(29)26(12-3-13-28)22(30)27(20)14-16-4-6-17(23)7-5-16/h4-11,15,28H,3,12-14H2,1-2H3,(H,24,25,29). The number of halogens is 1. The molecule has 1 aromatic heterocycles. The van der Waals surface area contributed by atoms with E-state index in [0.717, 1.165) is 10.1 Å². The summed E-state index contributed by atoms with van der Waals surface area (Å²) < 4.78 is 8.05. The molecule has 0 fully saturated rings. The van der Waals surface area contributed by atoms with Gasteiger partial charge in [-0.3, -0.25) is 4.57 Å². The molecule has 9 heteroatoms. The lowest BCUT2D eigenvalue weighted by molar-refractivity contribution is 0.242. The molecule has 8 nitrogen and oxygen atoms in total. The van der Waals surface area contributed by atoms with Gasteiger partial charge in [-0.2, -0.15) is 4.98 Å². The van der Waals surface area contributed by atoms with Gasteiger partial charge in [-0.1, -0.05) is 23.7 Å². The Morgan fingerprint density at radius 3 is 2.35 bits per heavy atom. The van der Waals surface area contributed by atoms with Crippen LogP contribution in [0.25, 0.3) is 0 Å². The number of aromatic nitrogens is 3. The quantitative estimate of drug-likeness (QED) is 0.526. The Morgan fingerprint density at radius 1 is 1.06 bits per heavy atom. The Kier molecular flexibility index (Phi) is 7.49. The fraction of sp³-hybridized carbons (Fsp3) is 0.318. The average Bonchev–Trinajstić information content (AvgIpc) is 2.73. The molecule has 0 amide bonds. The Bertz CT molecular complexity index is 1120. The van der Waals surface area contributed by atoms with E-state index in [9.17, 15) is 9.59 Å². The fourth-order valence-electron chi connectivity index (χ4n) is 2.98. The van der Waals surface area contributed by atoms with E-state index in [4.69, 9.17) is 21.4 Å². The second-order valence-corrected chi connectivity index (χ2v) is 7.69. The molecule has 1 heterocycles. The lowest BCUT2D eigenvalue weighted by Gasteiger charge is -2.16. The summed E-state index contributed by atoms with van der Waals surface area (Å²) in [6, 6.07) is 14.2. The molecule has 2 N–H and O–H groups in total. The van der Waals surface area contributed by atoms with Gasteiger partial charge in [0.25, 0.3) is 0 Å². The summed E-state index contributed by atoms with van der Waals surface area (Å²) in [6.07, 6.45) is 0.332. The smallest absolute Gasteiger partial charge is 0.354 e. The van der Waals surface area contributed by atoms with Gasteiger partial charge in [-0.25, -0.2) is 14.2 Å². The highest BCUT2D eigenvalue weighted by Crippen LogP contribution is 2.20. The SMILES string of the molecule is CC(C)Oc1ccc(Nc2nc(=O)n(CCCO)c(=O)n2Cc2ccc(Cl)cc2)cc1. The zero-order chi connectivity index (χ0) is 22.4. The van der Waals surface area contributed by atoms with Crippen molar-refractivity contribution in [2.75, 3.05) is 11.9 Å². The summed E-state index contributed by atoms with van der Waals surface area (Å²) >= 11 is 5.96. The Balaban J connectivity index is 1.98. The van der Waals surface area contributed by atoms with Crippen molar-refractivity contribution in [2.45, 2.75) is 39.5 Å². The number of ether oxygens (including phenoxy) is 1. The van der Waals surface area contributed by atoms with Gasteiger partial charge in [0.05, 0.1) is 12.6 Å². The van der Waals surface area contributed by atoms with Crippen molar-refractivity contribution in [3.05, 3.63) is 80.1 Å². The van der Waals surface area contributed by atoms with Gasteiger partial charge in [0.2, 0.25) is 5.95 Å². The van der Waals surface area contributed by atoms with Crippen LogP contribution in [0.1, 0.15) is 25.8 Å². The van der Waals surface area contributed by atoms with Crippen molar-refractivity contribution in [2.24, 2.45) is 0 Å². The monoisotopic (exact) mass is 444 g/mol. The van der Waals surface area contributed by atoms with Crippen molar-refractivity contribution in [3.8, 4) is 5.75 Å². The van der Waals surface area contributed by atoms with Crippen LogP contribution in [0.4, 0.5) is 11.6 Å². The molecule has 0 spiro atoms. The van der Waals surface area contributed by atoms with E-state index in [1.807, 2.05) is 13.8 Å². The highest BCUT2D eigenvalue weighted by atomic mass is 35.5. The molecule has 0 aliphatic carbocycles. The lowest BCUT2D eigenvalue weighted by atomic mass is 10.2. The van der Waals surface area contributed by atoms with Gasteiger partial charge in [0.1, 0.15) is 5.75 Å². The van der Waals surface area contributed by atoms with E-state index < -0.39 is 11.4 Å². The first-order valence-corrected chi connectivity index (χ1v) is 10.4. The first kappa shape index (κ1) is 22.6. The molecule has 0 radical (unpaired) electrons. The molecular formula is C22H25ClN4O4. The highest BCUT2D eigenvalue weighted by Gasteiger charge is 2.14. The molecule has 0 aliphatic heterocycles. The molecule has 164 valence electrons. The topological polar surface area (TPSA) is 98.4 Å². The maximum atomic E-state index is 13.1. The van der Waals surface area contributed by atoms with Gasteiger partial charge < -0.3 is 15.2 Å². The molecule has 0 bridgehead atoms. The Hall–Kier alpha value is -3.10. The summed E-state index contributed by atoms with van der Waals surface area (Å²) in [6.45, 7) is 4.03. The van der Waals surface area contributed by atoms with Crippen LogP contribution in [-0.2, 0) is 13.1 Å². The Morgan fingerprint density at radius 2 is 1.74 bits per heavy atom. The van der Waals surface area contributed by atoms with Crippen LogP contribution in [0.3, 0.4) is 0 Å². The number of benzene rings is 2. The van der Waals surface area contributed by atoms with Gasteiger partial charge in [0.15, 0.2) is 0 Å². The number of nitrogens with one attached hydrogen (secondary N) is 1. The molecule has 0 unspecified atom stereocenters. The van der Waals surface area contributed by atoms with Crippen LogP contribution in [0.2, 0.25) is 5.02 Å². The van der Waals surface area contributed by atoms with Crippen LogP contribution >= 0.6 is 11.6 Å². The van der Waals surface area contributed by atoms with Crippen molar-refractivity contribution in [1.29, 1.82) is 0 Å². The van der Waals surface area contributed by atoms with Crippen LogP contribution < -0.4 is 21.4 Å². The van der Waals surface area contributed by atoms with Crippen molar-refractivity contribution >= 4 is 23.2 Å². The minimum absolute atomic E-state index is 0.0524. The van der Waals surface area contributed by atoms with Crippen molar-refractivity contribution in [3.63, 3.8) is 0 Å². The molecular weight excluding hydrogens is 420 g/mol. The van der Waals surface area contributed by atoms with Crippen molar-refractivity contribution < 1.29 is 9.84 Å². The summed E-state index contributed by atoms with van der Waals surface area (Å²) in [7, 11) is 0. The molecule has 0 saturated heterocycles. The summed E-state index contributed by atoms with van der Waals surface area (Å²) in [5.74, 6) is 0.842. The first-order valence-electron chi connectivity index (χ1n) is 9.98. The fourth-order valence-corrected chi connectivity index (χ4v) is 3.10. The molecule has 2 aromatic carbocycles. The largest absolute Gasteiger partial charge is 0.491 e. The number of aliphatic hydroxyl groups excluding tert-OH is 1. The predicted octanol–water partition coefficient (Wildman–Crippen LogP) is 3.02. The van der Waals surface area contributed by atoms with E-state index in [1.54, 1.807) is 48.5 Å². The predicted molar refractivity (Wildman–Crippen MR) is 121 cm³/mol. The third-order valence-electron chi connectivity index (χ3n) is 4.43. The van der Waals surface area contributed by atoms with E-state index in [1.165, 1.54) is 4.57 Å². The van der Waals surface area contributed by atoms with E-state index >= 15 is 0 Å². The van der Waals surface area contributed by atoms with Crippen LogP contribution in [0.15, 0.2) is 58.1 Å². The van der Waals surface area contributed by atoms with Crippen LogP contribution in [0.5, 0.6) is 5.75 Å². The number of nitrogens with zero attached hydrogens (tertiary/aromatic N) is 3. The van der Waals surface area contributed by atoms with Gasteiger partial charge in [-0.15, -0.1) is 0 Å². The number of hydrogen-bond donors (Lipinski definition) is 2. The normalized spacial score (nSPS) is 11.0. The highest BCUT2D eigenvalue weighted by molar-refractivity contribution is 6.30. The third-order valence-corrected chi connectivity index (χ3v) is 4.68. The number of hydrogen-bond acceptors (Lipinski definition) is 6. The van der Waals surface area contributed by atoms with Crippen LogP contribution in [-0.4, -0.2) is 31.9 Å². The number of aliphatic hydroxyl groups is 1. The maximum absolute atomic E-state index is 13.1. The summed E-state index contributed by atoms with van der Waals surface area (Å²) in [5.41, 5.74) is 0.295. The second kappa shape index (κ2) is 10.3. The number of rotatable bonds is 9. The van der Waals surface area contributed by atoms with Crippen LogP contribution in [0, 0.1) is 0 Å². The minimum atomic E-state index is -0.673. The maximum Gasteiger partial charge on any atom is 0.354 e. The van der Waals surface area contributed by atoms with E-state index in [0.29, 0.717) is 16.5 Å². The minimum Gasteiger partial charge on any atom is -0.491 e. The number of anilines is 2. The molecule has 0 saturated carbocycles.